The van der Waals surface area contributed by atoms with E-state index in [4.69, 9.17) is 0 Å². The smallest absolute Gasteiger partial charge is 0.0601 e. The Kier molecular flexibility index (Phi) is 6.20. The normalized spacial score (nSPS) is 18.5. The molecule has 0 amide bonds. The summed E-state index contributed by atoms with van der Waals surface area (Å²) in [6, 6.07) is 6.05. The molecule has 0 spiro atoms. The van der Waals surface area contributed by atoms with Gasteiger partial charge in [0, 0.05) is 37.4 Å². The molecule has 0 saturated carbocycles. The number of nitrogens with zero attached hydrogens (tertiary/aromatic N) is 4. The van der Waals surface area contributed by atoms with Crippen LogP contribution in [0, 0.1) is 5.41 Å². The SMILES string of the molecule is CC1(C)C=CN=C(CN(CC2=NC=IC=C2)Cc2ccccn2)C=C1. The van der Waals surface area contributed by atoms with Gasteiger partial charge < -0.3 is 0 Å². The van der Waals surface area contributed by atoms with Crippen LogP contribution in [0.15, 0.2) is 69.0 Å². The Morgan fingerprint density at radius 2 is 1.84 bits per heavy atom. The van der Waals surface area contributed by atoms with Gasteiger partial charge in [0.05, 0.1) is 21.3 Å². The van der Waals surface area contributed by atoms with Gasteiger partial charge in [-0.2, -0.15) is 0 Å². The van der Waals surface area contributed by atoms with E-state index >= 15 is 0 Å². The molecule has 3 rings (SSSR count). The van der Waals surface area contributed by atoms with Gasteiger partial charge in [0.2, 0.25) is 0 Å². The summed E-state index contributed by atoms with van der Waals surface area (Å²) in [5.74, 6) is 0. The average molecular weight is 446 g/mol. The zero-order valence-electron chi connectivity index (χ0n) is 14.6. The first kappa shape index (κ1) is 18.1. The summed E-state index contributed by atoms with van der Waals surface area (Å²) in [4.78, 5) is 16.0. The number of hydrogen-bond donors (Lipinski definition) is 0. The molecule has 1 aromatic rings. The summed E-state index contributed by atoms with van der Waals surface area (Å²) < 4.78 is 4.33. The highest BCUT2D eigenvalue weighted by Crippen LogP contribution is 2.21. The van der Waals surface area contributed by atoms with E-state index in [9.17, 15) is 0 Å². The van der Waals surface area contributed by atoms with Gasteiger partial charge in [0.1, 0.15) is 0 Å². The minimum absolute atomic E-state index is 0.0126. The zero-order valence-corrected chi connectivity index (χ0v) is 16.8. The number of rotatable bonds is 6. The number of pyridine rings is 1. The molecular formula is C20H23IN4. The number of halogens is 1. The van der Waals surface area contributed by atoms with Gasteiger partial charge in [-0.05, 0) is 28.4 Å². The topological polar surface area (TPSA) is 40.9 Å². The van der Waals surface area contributed by atoms with E-state index in [-0.39, 0.29) is 26.1 Å². The van der Waals surface area contributed by atoms with Gasteiger partial charge in [-0.25, -0.2) is 0 Å². The van der Waals surface area contributed by atoms with Gasteiger partial charge in [0.15, 0.2) is 0 Å². The van der Waals surface area contributed by atoms with Crippen LogP contribution in [0.2, 0.25) is 0 Å². The van der Waals surface area contributed by atoms with E-state index in [0.29, 0.717) is 0 Å². The summed E-state index contributed by atoms with van der Waals surface area (Å²) in [6.07, 6.45) is 12.4. The monoisotopic (exact) mass is 446 g/mol. The lowest BCUT2D eigenvalue weighted by Gasteiger charge is -2.22. The van der Waals surface area contributed by atoms with E-state index < -0.39 is 0 Å². The van der Waals surface area contributed by atoms with E-state index in [0.717, 1.165) is 36.8 Å². The lowest BCUT2D eigenvalue weighted by molar-refractivity contribution is 0.343. The lowest BCUT2D eigenvalue weighted by atomic mass is 9.93. The number of aromatic nitrogens is 1. The Bertz CT molecular complexity index is 770. The summed E-state index contributed by atoms with van der Waals surface area (Å²) >= 11 is 0.0126. The lowest BCUT2D eigenvalue weighted by Crippen LogP contribution is -2.33. The van der Waals surface area contributed by atoms with Crippen molar-refractivity contribution in [3.8, 4) is 0 Å². The first-order valence-electron chi connectivity index (χ1n) is 8.33. The third-order valence-corrected chi connectivity index (χ3v) is 5.31. The van der Waals surface area contributed by atoms with Gasteiger partial charge in [-0.3, -0.25) is 19.9 Å². The second kappa shape index (κ2) is 8.58. The van der Waals surface area contributed by atoms with Crippen LogP contribution in [-0.2, 0) is 6.54 Å². The fraction of sp³-hybridized carbons (Fsp3) is 0.300. The van der Waals surface area contributed by atoms with Crippen molar-refractivity contribution >= 4 is 36.3 Å². The molecule has 0 aliphatic carbocycles. The van der Waals surface area contributed by atoms with Crippen molar-refractivity contribution in [2.45, 2.75) is 20.4 Å². The number of allylic oxidation sites excluding steroid dienone is 2. The highest BCUT2D eigenvalue weighted by molar-refractivity contribution is 14.2. The Morgan fingerprint density at radius 3 is 2.56 bits per heavy atom. The maximum Gasteiger partial charge on any atom is 0.0601 e. The van der Waals surface area contributed by atoms with Crippen LogP contribution in [-0.4, -0.2) is 38.5 Å². The Labute approximate surface area is 159 Å². The first-order chi connectivity index (χ1) is 12.1. The third-order valence-electron chi connectivity index (χ3n) is 3.93. The zero-order chi connectivity index (χ0) is 17.5. The van der Waals surface area contributed by atoms with Crippen LogP contribution < -0.4 is 0 Å². The van der Waals surface area contributed by atoms with Gasteiger partial charge in [-0.1, -0.05) is 52.8 Å². The van der Waals surface area contributed by atoms with Crippen LogP contribution in [0.5, 0.6) is 0 Å². The molecule has 4 nitrogen and oxygen atoms in total. The molecule has 0 unspecified atom stereocenters. The minimum atomic E-state index is 0.0126. The quantitative estimate of drug-likeness (QED) is 0.617. The van der Waals surface area contributed by atoms with Gasteiger partial charge in [-0.15, -0.1) is 0 Å². The summed E-state index contributed by atoms with van der Waals surface area (Å²) in [5.41, 5.74) is 3.28. The Hall–Kier alpha value is -1.73. The number of aliphatic imine (C=N–C) groups is 2. The molecule has 0 bridgehead atoms. The van der Waals surface area contributed by atoms with Crippen molar-refractivity contribution < 1.29 is 0 Å². The van der Waals surface area contributed by atoms with Gasteiger partial charge >= 0.3 is 0 Å². The molecule has 1 aromatic heterocycles. The second-order valence-corrected chi connectivity index (χ2v) is 8.69. The van der Waals surface area contributed by atoms with Crippen molar-refractivity contribution in [2.24, 2.45) is 15.4 Å². The third kappa shape index (κ3) is 5.93. The molecular weight excluding hydrogens is 423 g/mol. The van der Waals surface area contributed by atoms with Crippen molar-refractivity contribution in [3.05, 3.63) is 64.7 Å². The molecule has 2 aliphatic rings. The van der Waals surface area contributed by atoms with E-state index in [1.165, 1.54) is 0 Å². The van der Waals surface area contributed by atoms with Crippen molar-refractivity contribution in [2.75, 3.05) is 13.1 Å². The number of hydrogen-bond acceptors (Lipinski definition) is 4. The minimum Gasteiger partial charge on any atom is -0.286 e. The molecule has 0 saturated heterocycles. The van der Waals surface area contributed by atoms with Crippen molar-refractivity contribution in [3.63, 3.8) is 0 Å². The molecule has 0 N–H and O–H groups in total. The Morgan fingerprint density at radius 1 is 1.00 bits per heavy atom. The van der Waals surface area contributed by atoms with Gasteiger partial charge in [0.25, 0.3) is 0 Å². The molecule has 0 atom stereocenters. The van der Waals surface area contributed by atoms with Crippen molar-refractivity contribution in [1.82, 2.24) is 9.88 Å². The molecule has 0 radical (unpaired) electrons. The average Bonchev–Trinajstić information content (AvgIpc) is 2.77. The predicted molar refractivity (Wildman–Crippen MR) is 116 cm³/mol. The summed E-state index contributed by atoms with van der Waals surface area (Å²) in [5, 5.41) is 0. The maximum absolute atomic E-state index is 4.62. The molecule has 0 fully saturated rings. The fourth-order valence-corrected chi connectivity index (χ4v) is 3.87. The highest BCUT2D eigenvalue weighted by atomic mass is 127. The summed E-state index contributed by atoms with van der Waals surface area (Å²) in [6.45, 7) is 6.72. The van der Waals surface area contributed by atoms with E-state index in [1.54, 1.807) is 0 Å². The van der Waals surface area contributed by atoms with Crippen LogP contribution in [0.1, 0.15) is 19.5 Å². The standard InChI is InChI=1S/C20H23IN4/c1-20(2)8-6-18(23-12-9-20)14-25(13-17-5-3-4-11-22-17)15-19-7-10-21-16-24-19/h3-12,16H,13-15H2,1-2H3. The van der Waals surface area contributed by atoms with E-state index in [1.807, 2.05) is 24.5 Å². The van der Waals surface area contributed by atoms with Crippen molar-refractivity contribution in [1.29, 1.82) is 0 Å². The molecule has 2 aliphatic heterocycles. The molecule has 5 heteroatoms. The maximum atomic E-state index is 4.62. The molecule has 3 heterocycles. The molecule has 25 heavy (non-hydrogen) atoms. The molecule has 130 valence electrons. The Balaban J connectivity index is 1.75. The summed E-state index contributed by atoms with van der Waals surface area (Å²) in [7, 11) is 0. The van der Waals surface area contributed by atoms with Crippen LogP contribution in [0.4, 0.5) is 0 Å². The first-order valence-corrected chi connectivity index (χ1v) is 10.8. The van der Waals surface area contributed by atoms with Crippen LogP contribution in [0.25, 0.3) is 0 Å². The highest BCUT2D eigenvalue weighted by Gasteiger charge is 2.15. The largest absolute Gasteiger partial charge is 0.286 e. The van der Waals surface area contributed by atoms with Crippen LogP contribution >= 0.6 is 20.7 Å². The second-order valence-electron chi connectivity index (χ2n) is 6.69. The van der Waals surface area contributed by atoms with E-state index in [2.05, 4.69) is 72.3 Å². The van der Waals surface area contributed by atoms with Crippen LogP contribution in [0.3, 0.4) is 0 Å². The predicted octanol–water partition coefficient (Wildman–Crippen LogP) is 4.13. The molecule has 0 aromatic carbocycles. The fourth-order valence-electron chi connectivity index (χ4n) is 2.54.